The summed E-state index contributed by atoms with van der Waals surface area (Å²) in [4.78, 5) is 11.1. The summed E-state index contributed by atoms with van der Waals surface area (Å²) in [5.41, 5.74) is 8.70. The minimum Gasteiger partial charge on any atom is -0.496 e. The average Bonchev–Trinajstić information content (AvgIpc) is 2.39. The third kappa shape index (κ3) is 2.52. The summed E-state index contributed by atoms with van der Waals surface area (Å²) in [6, 6.07) is 10.7. The summed E-state index contributed by atoms with van der Waals surface area (Å²) >= 11 is 0. The van der Waals surface area contributed by atoms with Crippen LogP contribution >= 0.6 is 0 Å². The molecule has 0 atom stereocenters. The molecule has 0 amide bonds. The monoisotopic (exact) mass is 257 g/mol. The molecule has 0 saturated carbocycles. The molecule has 0 aromatic heterocycles. The number of rotatable bonds is 3. The molecule has 4 nitrogen and oxygen atoms in total. The molecule has 0 heterocycles. The van der Waals surface area contributed by atoms with E-state index in [-0.39, 0.29) is 11.3 Å². The number of carboxylic acid groups (broad SMARTS) is 1. The van der Waals surface area contributed by atoms with Gasteiger partial charge in [0, 0.05) is 11.3 Å². The second-order valence-electron chi connectivity index (χ2n) is 4.31. The Morgan fingerprint density at radius 2 is 1.95 bits per heavy atom. The number of anilines is 1. The number of hydrogen-bond donors (Lipinski definition) is 2. The average molecular weight is 257 g/mol. The molecule has 0 aliphatic heterocycles. The highest BCUT2D eigenvalue weighted by Crippen LogP contribution is 2.32. The van der Waals surface area contributed by atoms with Crippen molar-refractivity contribution in [1.82, 2.24) is 0 Å². The molecule has 0 spiro atoms. The lowest BCUT2D eigenvalue weighted by Crippen LogP contribution is -2.02. The lowest BCUT2D eigenvalue weighted by Gasteiger charge is -2.11. The highest BCUT2D eigenvalue weighted by atomic mass is 16.5. The topological polar surface area (TPSA) is 72.5 Å². The van der Waals surface area contributed by atoms with Gasteiger partial charge in [0.05, 0.1) is 12.7 Å². The first kappa shape index (κ1) is 13.0. The van der Waals surface area contributed by atoms with Crippen LogP contribution in [0.1, 0.15) is 15.9 Å². The van der Waals surface area contributed by atoms with E-state index < -0.39 is 5.97 Å². The van der Waals surface area contributed by atoms with Crippen LogP contribution in [0.2, 0.25) is 0 Å². The third-order valence-electron chi connectivity index (χ3n) is 2.95. The van der Waals surface area contributed by atoms with Gasteiger partial charge < -0.3 is 15.6 Å². The van der Waals surface area contributed by atoms with Crippen molar-refractivity contribution in [3.05, 3.63) is 47.5 Å². The molecule has 0 fully saturated rings. The summed E-state index contributed by atoms with van der Waals surface area (Å²) in [5.74, 6) is -0.335. The Hall–Kier alpha value is -2.49. The molecule has 3 N–H and O–H groups in total. The summed E-state index contributed by atoms with van der Waals surface area (Å²) in [6.07, 6.45) is 0. The third-order valence-corrected chi connectivity index (χ3v) is 2.95. The molecule has 98 valence electrons. The molecular weight excluding hydrogens is 242 g/mol. The van der Waals surface area contributed by atoms with Crippen LogP contribution in [0.15, 0.2) is 36.4 Å². The zero-order valence-electron chi connectivity index (χ0n) is 10.8. The maximum atomic E-state index is 11.1. The van der Waals surface area contributed by atoms with Crippen LogP contribution in [-0.4, -0.2) is 18.2 Å². The fraction of sp³-hybridized carbons (Fsp3) is 0.133. The lowest BCUT2D eigenvalue weighted by molar-refractivity contribution is 0.0698. The van der Waals surface area contributed by atoms with Gasteiger partial charge in [0.1, 0.15) is 5.75 Å². The highest BCUT2D eigenvalue weighted by molar-refractivity contribution is 5.95. The number of ether oxygens (including phenoxy) is 1. The Kier molecular flexibility index (Phi) is 3.42. The first-order chi connectivity index (χ1) is 9.02. The van der Waals surface area contributed by atoms with Crippen molar-refractivity contribution in [2.75, 3.05) is 12.8 Å². The van der Waals surface area contributed by atoms with Gasteiger partial charge in [0.25, 0.3) is 0 Å². The van der Waals surface area contributed by atoms with Gasteiger partial charge in [-0.15, -0.1) is 0 Å². The van der Waals surface area contributed by atoms with Crippen LogP contribution in [0.5, 0.6) is 5.75 Å². The molecule has 19 heavy (non-hydrogen) atoms. The molecule has 0 bridgehead atoms. The molecule has 2 aromatic rings. The van der Waals surface area contributed by atoms with Gasteiger partial charge in [-0.05, 0) is 36.8 Å². The van der Waals surface area contributed by atoms with E-state index in [4.69, 9.17) is 15.6 Å². The van der Waals surface area contributed by atoms with E-state index in [1.54, 1.807) is 25.3 Å². The van der Waals surface area contributed by atoms with Gasteiger partial charge in [-0.2, -0.15) is 0 Å². The molecular formula is C15H15NO3. The number of nitrogen functional groups attached to an aromatic ring is 1. The predicted molar refractivity (Wildman–Crippen MR) is 74.5 cm³/mol. The predicted octanol–water partition coefficient (Wildman–Crippen LogP) is 2.95. The van der Waals surface area contributed by atoms with Crippen LogP contribution in [0, 0.1) is 6.92 Å². The number of benzene rings is 2. The van der Waals surface area contributed by atoms with Gasteiger partial charge in [0.15, 0.2) is 0 Å². The molecule has 0 saturated heterocycles. The SMILES string of the molecule is COc1ccc(C)cc1-c1ccc(N)c(C(=O)O)c1. The van der Waals surface area contributed by atoms with Crippen LogP contribution in [0.4, 0.5) is 5.69 Å². The Bertz CT molecular complexity index is 635. The van der Waals surface area contributed by atoms with Gasteiger partial charge in [-0.25, -0.2) is 4.79 Å². The van der Waals surface area contributed by atoms with E-state index in [2.05, 4.69) is 0 Å². The van der Waals surface area contributed by atoms with E-state index in [1.807, 2.05) is 25.1 Å². The fourth-order valence-corrected chi connectivity index (χ4v) is 1.96. The summed E-state index contributed by atoms with van der Waals surface area (Å²) < 4.78 is 5.31. The first-order valence-corrected chi connectivity index (χ1v) is 5.80. The Labute approximate surface area is 111 Å². The number of aryl methyl sites for hydroxylation is 1. The summed E-state index contributed by atoms with van der Waals surface area (Å²) in [7, 11) is 1.59. The van der Waals surface area contributed by atoms with Gasteiger partial charge in [-0.1, -0.05) is 17.7 Å². The highest BCUT2D eigenvalue weighted by Gasteiger charge is 2.12. The van der Waals surface area contributed by atoms with Crippen molar-refractivity contribution in [3.63, 3.8) is 0 Å². The molecule has 0 aliphatic carbocycles. The van der Waals surface area contributed by atoms with Gasteiger partial charge in [0.2, 0.25) is 0 Å². The second-order valence-corrected chi connectivity index (χ2v) is 4.31. The van der Waals surface area contributed by atoms with E-state index in [0.717, 1.165) is 16.7 Å². The molecule has 0 unspecified atom stereocenters. The standard InChI is InChI=1S/C15H15NO3/c1-9-3-6-14(19-2)11(7-9)10-4-5-13(16)12(8-10)15(17)18/h3-8H,16H2,1-2H3,(H,17,18). The Balaban J connectivity index is 2.62. The number of nitrogens with two attached hydrogens (primary N) is 1. The molecule has 2 rings (SSSR count). The van der Waals surface area contributed by atoms with Gasteiger partial charge >= 0.3 is 5.97 Å². The summed E-state index contributed by atoms with van der Waals surface area (Å²) in [5, 5.41) is 9.11. The Morgan fingerprint density at radius 3 is 2.58 bits per heavy atom. The molecule has 0 radical (unpaired) electrons. The smallest absolute Gasteiger partial charge is 0.337 e. The van der Waals surface area contributed by atoms with E-state index in [9.17, 15) is 4.79 Å². The van der Waals surface area contributed by atoms with Crippen LogP contribution < -0.4 is 10.5 Å². The van der Waals surface area contributed by atoms with Crippen molar-refractivity contribution in [2.24, 2.45) is 0 Å². The number of carboxylic acids is 1. The second kappa shape index (κ2) is 5.02. The van der Waals surface area contributed by atoms with Crippen molar-refractivity contribution in [1.29, 1.82) is 0 Å². The number of hydrogen-bond acceptors (Lipinski definition) is 3. The fourth-order valence-electron chi connectivity index (χ4n) is 1.96. The molecule has 2 aromatic carbocycles. The minimum atomic E-state index is -1.04. The Morgan fingerprint density at radius 1 is 1.21 bits per heavy atom. The van der Waals surface area contributed by atoms with Crippen molar-refractivity contribution >= 4 is 11.7 Å². The van der Waals surface area contributed by atoms with Crippen molar-refractivity contribution in [3.8, 4) is 16.9 Å². The minimum absolute atomic E-state index is 0.0982. The van der Waals surface area contributed by atoms with E-state index in [0.29, 0.717) is 5.75 Å². The quantitative estimate of drug-likeness (QED) is 0.829. The van der Waals surface area contributed by atoms with Crippen LogP contribution in [0.3, 0.4) is 0 Å². The van der Waals surface area contributed by atoms with E-state index in [1.165, 1.54) is 0 Å². The lowest BCUT2D eigenvalue weighted by atomic mass is 9.99. The normalized spacial score (nSPS) is 10.2. The molecule has 4 heteroatoms. The van der Waals surface area contributed by atoms with Crippen LogP contribution in [0.25, 0.3) is 11.1 Å². The van der Waals surface area contributed by atoms with Crippen molar-refractivity contribution < 1.29 is 14.6 Å². The number of aromatic carboxylic acids is 1. The first-order valence-electron chi connectivity index (χ1n) is 5.80. The van der Waals surface area contributed by atoms with E-state index >= 15 is 0 Å². The number of methoxy groups -OCH3 is 1. The van der Waals surface area contributed by atoms with Crippen LogP contribution in [-0.2, 0) is 0 Å². The maximum absolute atomic E-state index is 11.1. The van der Waals surface area contributed by atoms with Crippen molar-refractivity contribution in [2.45, 2.75) is 6.92 Å². The largest absolute Gasteiger partial charge is 0.496 e. The maximum Gasteiger partial charge on any atom is 0.337 e. The zero-order chi connectivity index (χ0) is 14.0. The zero-order valence-corrected chi connectivity index (χ0v) is 10.8. The number of carbonyl (C=O) groups is 1. The molecule has 0 aliphatic rings. The van der Waals surface area contributed by atoms with Gasteiger partial charge in [-0.3, -0.25) is 0 Å². The summed E-state index contributed by atoms with van der Waals surface area (Å²) in [6.45, 7) is 1.97.